The second-order valence-electron chi connectivity index (χ2n) is 17.5. The van der Waals surface area contributed by atoms with E-state index in [0.717, 1.165) is 44.9 Å². The van der Waals surface area contributed by atoms with Crippen LogP contribution in [0.4, 0.5) is 0 Å². The molecular weight excluding hydrogens is 744 g/mol. The molecule has 340 valence electrons. The third-order valence-corrected chi connectivity index (χ3v) is 11.5. The predicted octanol–water partition coefficient (Wildman–Crippen LogP) is 13.0. The van der Waals surface area contributed by atoms with Gasteiger partial charge < -0.3 is 28.8 Å². The summed E-state index contributed by atoms with van der Waals surface area (Å²) in [6.07, 6.45) is 52.1. The Labute approximate surface area is 359 Å². The van der Waals surface area contributed by atoms with E-state index in [4.69, 9.17) is 9.05 Å². The number of phosphoric ester groups is 1. The Kier molecular flexibility index (Phi) is 39.8. The molecule has 0 aromatic heterocycles. The number of unbranched alkanes of at least 4 members (excludes halogenated alkanes) is 25. The summed E-state index contributed by atoms with van der Waals surface area (Å²) in [6.45, 7) is 4.38. The summed E-state index contributed by atoms with van der Waals surface area (Å²) in [6, 6.07) is -0.908. The van der Waals surface area contributed by atoms with Crippen LogP contribution in [0.3, 0.4) is 0 Å². The fourth-order valence-corrected chi connectivity index (χ4v) is 7.50. The van der Waals surface area contributed by atoms with Crippen molar-refractivity contribution in [1.29, 1.82) is 0 Å². The Morgan fingerprint density at radius 3 is 1.50 bits per heavy atom. The van der Waals surface area contributed by atoms with Crippen molar-refractivity contribution in [3.8, 4) is 0 Å². The van der Waals surface area contributed by atoms with Crippen molar-refractivity contribution in [3.63, 3.8) is 0 Å². The van der Waals surface area contributed by atoms with Gasteiger partial charge in [-0.05, 0) is 64.7 Å². The average Bonchev–Trinajstić information content (AvgIpc) is 3.17. The minimum Gasteiger partial charge on any atom is -0.756 e. The van der Waals surface area contributed by atoms with Crippen LogP contribution in [0.2, 0.25) is 0 Å². The zero-order chi connectivity index (χ0) is 42.8. The molecule has 0 fully saturated rings. The minimum absolute atomic E-state index is 0.0103. The second kappa shape index (κ2) is 40.8. The number of phosphoric acid groups is 1. The Morgan fingerprint density at radius 1 is 0.621 bits per heavy atom. The third kappa shape index (κ3) is 42.6. The highest BCUT2D eigenvalue weighted by Crippen LogP contribution is 2.38. The van der Waals surface area contributed by atoms with Crippen molar-refractivity contribution < 1.29 is 32.9 Å². The van der Waals surface area contributed by atoms with E-state index in [-0.39, 0.29) is 12.5 Å². The molecular formula is C49H93N2O6P. The maximum absolute atomic E-state index is 12.8. The first kappa shape index (κ1) is 56.5. The highest BCUT2D eigenvalue weighted by molar-refractivity contribution is 7.45. The van der Waals surface area contributed by atoms with Crippen LogP contribution in [0, 0.1) is 0 Å². The second-order valence-corrected chi connectivity index (χ2v) is 18.9. The first-order chi connectivity index (χ1) is 28.0. The van der Waals surface area contributed by atoms with E-state index in [2.05, 4.69) is 42.6 Å². The summed E-state index contributed by atoms with van der Waals surface area (Å²) >= 11 is 0. The number of quaternary nitrogens is 1. The third-order valence-electron chi connectivity index (χ3n) is 10.6. The van der Waals surface area contributed by atoms with Gasteiger partial charge in [0.25, 0.3) is 7.82 Å². The van der Waals surface area contributed by atoms with Crippen LogP contribution >= 0.6 is 7.82 Å². The molecule has 0 bridgehead atoms. The molecule has 0 aliphatic heterocycles. The lowest BCUT2D eigenvalue weighted by Crippen LogP contribution is -2.45. The highest BCUT2D eigenvalue weighted by Gasteiger charge is 2.23. The van der Waals surface area contributed by atoms with Gasteiger partial charge in [-0.25, -0.2) is 0 Å². The molecule has 0 aromatic rings. The Morgan fingerprint density at radius 2 is 1.03 bits per heavy atom. The maximum Gasteiger partial charge on any atom is 0.268 e. The lowest BCUT2D eigenvalue weighted by molar-refractivity contribution is -0.870. The summed E-state index contributed by atoms with van der Waals surface area (Å²) in [5.41, 5.74) is 0. The van der Waals surface area contributed by atoms with E-state index >= 15 is 0 Å². The normalized spacial score (nSPS) is 14.7. The fraction of sp³-hybridized carbons (Fsp3) is 0.816. The molecule has 9 heteroatoms. The largest absolute Gasteiger partial charge is 0.756 e. The average molecular weight is 837 g/mol. The van der Waals surface area contributed by atoms with Gasteiger partial charge in [0.1, 0.15) is 13.2 Å². The molecule has 0 aromatic carbocycles. The van der Waals surface area contributed by atoms with Crippen molar-refractivity contribution in [2.75, 3.05) is 40.9 Å². The smallest absolute Gasteiger partial charge is 0.268 e. The van der Waals surface area contributed by atoms with E-state index in [1.54, 1.807) is 6.08 Å². The summed E-state index contributed by atoms with van der Waals surface area (Å²) in [4.78, 5) is 25.2. The van der Waals surface area contributed by atoms with Crippen LogP contribution in [-0.4, -0.2) is 68.5 Å². The van der Waals surface area contributed by atoms with Gasteiger partial charge in [0.15, 0.2) is 0 Å². The summed E-state index contributed by atoms with van der Waals surface area (Å²) in [7, 11) is 1.23. The van der Waals surface area contributed by atoms with Gasteiger partial charge in [-0.3, -0.25) is 9.36 Å². The van der Waals surface area contributed by atoms with Gasteiger partial charge in [0.05, 0.1) is 39.9 Å². The number of aliphatic hydroxyl groups is 1. The van der Waals surface area contributed by atoms with Crippen LogP contribution in [0.5, 0.6) is 0 Å². The fourth-order valence-electron chi connectivity index (χ4n) is 6.77. The number of carbonyl (C=O) groups is 1. The Bertz CT molecular complexity index is 1090. The van der Waals surface area contributed by atoms with Crippen molar-refractivity contribution in [2.45, 2.75) is 219 Å². The Hall–Kier alpha value is -1.54. The molecule has 2 N–H and O–H groups in total. The number of allylic oxidation sites excluding steroid dienone is 7. The first-order valence-electron chi connectivity index (χ1n) is 24.0. The minimum atomic E-state index is -4.59. The number of hydrogen-bond acceptors (Lipinski definition) is 6. The molecule has 0 aliphatic carbocycles. The van der Waals surface area contributed by atoms with Gasteiger partial charge in [-0.15, -0.1) is 0 Å². The van der Waals surface area contributed by atoms with E-state index in [1.165, 1.54) is 141 Å². The van der Waals surface area contributed by atoms with Crippen molar-refractivity contribution in [1.82, 2.24) is 5.32 Å². The molecule has 0 saturated carbocycles. The standard InChI is InChI=1S/C49H93N2O6P/c1-6-8-10-12-14-16-17-18-19-20-21-22-23-24-25-26-27-28-29-30-31-32-33-35-37-39-41-43-49(53)50-47(46-57-58(54,55)56-45-44-51(3,4)5)48(52)42-40-38-36-34-15-13-11-9-7-2/h7,9,15,24-25,34,40,42,47-48,52H,6,8,10-14,16-23,26-33,35-39,41,43-46H2,1-5H3,(H-,50,53,54,55)/b9-7+,25-24-,34-15+,42-40+. The van der Waals surface area contributed by atoms with E-state index in [9.17, 15) is 19.4 Å². The number of nitrogens with zero attached hydrogens (tertiary/aromatic N) is 1. The van der Waals surface area contributed by atoms with Crippen LogP contribution < -0.4 is 10.2 Å². The summed E-state index contributed by atoms with van der Waals surface area (Å²) in [5.74, 6) is -0.216. The quantitative estimate of drug-likeness (QED) is 0.0274. The number of aliphatic hydroxyl groups excluding tert-OH is 1. The summed E-state index contributed by atoms with van der Waals surface area (Å²) in [5, 5.41) is 13.7. The molecule has 8 nitrogen and oxygen atoms in total. The number of rotatable bonds is 43. The molecule has 0 saturated heterocycles. The SMILES string of the molecule is C/C=C/CC/C=C/CC/C=C/C(O)C(COP(=O)([O-])OCC[N+](C)(C)C)NC(=O)CCCCCCCCCCCCC/C=C\CCCCCCCCCCCCCC. The van der Waals surface area contributed by atoms with Crippen molar-refractivity contribution in [3.05, 3.63) is 48.6 Å². The lowest BCUT2D eigenvalue weighted by Gasteiger charge is -2.29. The van der Waals surface area contributed by atoms with E-state index < -0.39 is 26.6 Å². The number of hydrogen-bond donors (Lipinski definition) is 2. The van der Waals surface area contributed by atoms with Gasteiger partial charge in [-0.2, -0.15) is 0 Å². The Balaban J connectivity index is 4.10. The topological polar surface area (TPSA) is 108 Å². The predicted molar refractivity (Wildman–Crippen MR) is 247 cm³/mol. The van der Waals surface area contributed by atoms with Gasteiger partial charge in [0.2, 0.25) is 5.91 Å². The van der Waals surface area contributed by atoms with Crippen molar-refractivity contribution >= 4 is 13.7 Å². The first-order valence-corrected chi connectivity index (χ1v) is 25.4. The van der Waals surface area contributed by atoms with Gasteiger partial charge >= 0.3 is 0 Å². The lowest BCUT2D eigenvalue weighted by atomic mass is 10.0. The number of amides is 1. The maximum atomic E-state index is 12.8. The zero-order valence-electron chi connectivity index (χ0n) is 38.5. The number of likely N-dealkylation sites (N-methyl/N-ethyl adjacent to an activating group) is 1. The highest BCUT2D eigenvalue weighted by atomic mass is 31.2. The van der Waals surface area contributed by atoms with Crippen LogP contribution in [0.1, 0.15) is 206 Å². The van der Waals surface area contributed by atoms with Gasteiger partial charge in [-0.1, -0.05) is 184 Å². The molecule has 0 radical (unpaired) electrons. The molecule has 0 heterocycles. The van der Waals surface area contributed by atoms with E-state index in [1.807, 2.05) is 40.2 Å². The molecule has 58 heavy (non-hydrogen) atoms. The molecule has 0 rings (SSSR count). The van der Waals surface area contributed by atoms with Crippen LogP contribution in [-0.2, 0) is 18.4 Å². The molecule has 1 amide bonds. The van der Waals surface area contributed by atoms with Crippen LogP contribution in [0.25, 0.3) is 0 Å². The number of carbonyl (C=O) groups excluding carboxylic acids is 1. The molecule has 3 atom stereocenters. The van der Waals surface area contributed by atoms with Crippen LogP contribution in [0.15, 0.2) is 48.6 Å². The summed E-state index contributed by atoms with van der Waals surface area (Å²) < 4.78 is 23.1. The number of nitrogens with one attached hydrogen (secondary N) is 1. The zero-order valence-corrected chi connectivity index (χ0v) is 39.4. The monoisotopic (exact) mass is 837 g/mol. The van der Waals surface area contributed by atoms with Gasteiger partial charge in [0, 0.05) is 6.42 Å². The molecule has 3 unspecified atom stereocenters. The molecule has 0 aliphatic rings. The van der Waals surface area contributed by atoms with Crippen molar-refractivity contribution in [2.24, 2.45) is 0 Å². The molecule has 0 spiro atoms. The van der Waals surface area contributed by atoms with E-state index in [0.29, 0.717) is 17.4 Å².